The molecular formula is C137H96. The Balaban J connectivity index is 0.000000107. The van der Waals surface area contributed by atoms with E-state index in [1.54, 1.807) is 0 Å². The minimum Gasteiger partial charge on any atom is -0.0616 e. The predicted octanol–water partition coefficient (Wildman–Crippen LogP) is 38.0. The fourth-order valence-electron chi connectivity index (χ4n) is 23.5. The van der Waals surface area contributed by atoms with Crippen LogP contribution >= 0.6 is 0 Å². The third kappa shape index (κ3) is 13.8. The smallest absolute Gasteiger partial charge is 0.0165 e. The molecule has 137 heavy (non-hydrogen) atoms. The van der Waals surface area contributed by atoms with Gasteiger partial charge in [-0.05, 0) is 377 Å². The lowest BCUT2D eigenvalue weighted by molar-refractivity contribution is 0.661. The summed E-state index contributed by atoms with van der Waals surface area (Å²) in [6.45, 7) is 14.3. The summed E-state index contributed by atoms with van der Waals surface area (Å²) in [7, 11) is 0. The fraction of sp³-hybridized carbons (Fsp3) is 0.0657. The van der Waals surface area contributed by atoms with E-state index in [0.29, 0.717) is 0 Å². The highest BCUT2D eigenvalue weighted by Crippen LogP contribution is 2.57. The summed E-state index contributed by atoms with van der Waals surface area (Å²) in [5.41, 5.74) is 36.6. The van der Waals surface area contributed by atoms with Crippen LogP contribution in [0.3, 0.4) is 0 Å². The Bertz CT molecular complexity index is 9380. The van der Waals surface area contributed by atoms with E-state index in [2.05, 4.69) is 515 Å². The van der Waals surface area contributed by atoms with Crippen LogP contribution in [-0.2, 0) is 16.2 Å². The number of hydrogen-bond donors (Lipinski definition) is 0. The first kappa shape index (κ1) is 81.2. The van der Waals surface area contributed by atoms with Gasteiger partial charge < -0.3 is 0 Å². The van der Waals surface area contributed by atoms with E-state index in [1.165, 1.54) is 274 Å². The third-order valence-corrected chi connectivity index (χ3v) is 30.7. The van der Waals surface area contributed by atoms with Gasteiger partial charge in [-0.3, -0.25) is 0 Å². The Morgan fingerprint density at radius 3 is 0.788 bits per heavy atom. The molecule has 3 aliphatic carbocycles. The third-order valence-electron chi connectivity index (χ3n) is 30.7. The Labute approximate surface area is 799 Å². The fourth-order valence-corrected chi connectivity index (χ4v) is 23.5. The molecule has 0 aliphatic heterocycles. The molecule has 0 heterocycles. The van der Waals surface area contributed by atoms with Gasteiger partial charge in [0.05, 0.1) is 0 Å². The minimum atomic E-state index is -0.118. The molecule has 25 aromatic rings. The standard InChI is InChI=1S/2C49H34.C39H28/c1-49(2)47-30-38(22-23-44(47)45-24-21-32-10-5-8-14-43(32)48(45)49)41-28-39-12-6-7-13-42(39)46(29-41)40-20-19-36-26-35(17-18-37(36)27-40)34-16-15-31-9-3-4-11-33(31)25-34;1-49(2)47-30-39(38-19-18-36-27-35(16-17-37(36)28-38)34-15-14-31-8-3-4-10-33(31)26-34)20-24-45(47)46-25-22-41-29-40(21-23-44(41)48(46)49)43-13-7-11-32-9-5-6-12-42(32)43;1-39(2)37-24-34(17-18-35(37)36-22-27-9-5-6-10-28(27)23-38(36)39)33-16-15-31-20-30(13-14-32(31)21-33)29-12-11-25-7-3-4-8-26(25)19-29/h2*3-30H,1-2H3;3-24H,1-2H3. The molecule has 0 fully saturated rings. The highest BCUT2D eigenvalue weighted by Gasteiger charge is 2.40. The molecule has 0 atom stereocenters. The van der Waals surface area contributed by atoms with Crippen LogP contribution in [0.15, 0.2) is 473 Å². The average Bonchev–Trinajstić information content (AvgIpc) is 1.57. The van der Waals surface area contributed by atoms with E-state index in [9.17, 15) is 0 Å². The van der Waals surface area contributed by atoms with Gasteiger partial charge in [-0.25, -0.2) is 0 Å². The molecule has 0 spiro atoms. The number of benzene rings is 25. The van der Waals surface area contributed by atoms with Crippen LogP contribution in [0.25, 0.3) is 241 Å². The van der Waals surface area contributed by atoms with Crippen LogP contribution in [0.2, 0.25) is 0 Å². The lowest BCUT2D eigenvalue weighted by Crippen LogP contribution is -2.15. The number of hydrogen-bond acceptors (Lipinski definition) is 0. The molecule has 0 amide bonds. The van der Waals surface area contributed by atoms with Crippen molar-refractivity contribution < 1.29 is 0 Å². The molecule has 0 unspecified atom stereocenters. The van der Waals surface area contributed by atoms with Crippen LogP contribution in [0, 0.1) is 0 Å². The monoisotopic (exact) mass is 1740 g/mol. The van der Waals surface area contributed by atoms with Crippen molar-refractivity contribution in [3.8, 4) is 122 Å². The van der Waals surface area contributed by atoms with Gasteiger partial charge in [0.2, 0.25) is 0 Å². The maximum Gasteiger partial charge on any atom is 0.0165 e. The van der Waals surface area contributed by atoms with Crippen LogP contribution in [0.1, 0.15) is 74.9 Å². The first-order valence-electron chi connectivity index (χ1n) is 48.3. The number of fused-ring (bicyclic) bond motifs is 22. The van der Waals surface area contributed by atoms with E-state index in [0.717, 1.165) is 0 Å². The second-order valence-corrected chi connectivity index (χ2v) is 39.8. The van der Waals surface area contributed by atoms with Crippen molar-refractivity contribution in [2.24, 2.45) is 0 Å². The van der Waals surface area contributed by atoms with Crippen LogP contribution in [0.4, 0.5) is 0 Å². The molecule has 0 aromatic heterocycles. The Morgan fingerprint density at radius 2 is 0.343 bits per heavy atom. The van der Waals surface area contributed by atoms with Gasteiger partial charge in [0, 0.05) is 16.2 Å². The first-order chi connectivity index (χ1) is 67.1. The molecule has 0 N–H and O–H groups in total. The predicted molar refractivity (Wildman–Crippen MR) is 588 cm³/mol. The van der Waals surface area contributed by atoms with Gasteiger partial charge in [0.25, 0.3) is 0 Å². The zero-order chi connectivity index (χ0) is 91.5. The normalized spacial score (nSPS) is 13.4. The highest BCUT2D eigenvalue weighted by molar-refractivity contribution is 6.08. The van der Waals surface area contributed by atoms with E-state index in [-0.39, 0.29) is 16.2 Å². The molecule has 0 radical (unpaired) electrons. The maximum atomic E-state index is 2.45. The van der Waals surface area contributed by atoms with Crippen molar-refractivity contribution >= 4 is 118 Å². The summed E-state index contributed by atoms with van der Waals surface area (Å²) in [5.74, 6) is 0. The largest absolute Gasteiger partial charge is 0.0616 e. The Morgan fingerprint density at radius 1 is 0.109 bits per heavy atom. The summed E-state index contributed by atoms with van der Waals surface area (Å²) in [6, 6.07) is 176. The van der Waals surface area contributed by atoms with E-state index < -0.39 is 0 Å². The summed E-state index contributed by atoms with van der Waals surface area (Å²) in [4.78, 5) is 0. The SMILES string of the molecule is CC1(C)c2cc(-c3cc(-c4ccc5cc(-c6ccc7ccccc7c6)ccc5c4)c4ccccc4c3)ccc2-c2ccc3ccccc3c21.CC1(C)c2cc(-c3ccc4cc(-c5ccc6ccccc6c5)ccc4c3)ccc2-c2cc3ccccc3cc21.CC1(C)c2cc(-c3ccc4cc(-c5ccc6ccccc6c5)ccc4c3)ccc2-c2ccc3cc(-c4cccc5ccccc45)ccc3c21. The molecule has 25 aromatic carbocycles. The molecule has 0 saturated heterocycles. The minimum absolute atomic E-state index is 0.0314. The molecule has 0 saturated carbocycles. The summed E-state index contributed by atoms with van der Waals surface area (Å²) >= 11 is 0. The highest BCUT2D eigenvalue weighted by atomic mass is 14.4. The molecule has 28 rings (SSSR count). The van der Waals surface area contributed by atoms with E-state index in [4.69, 9.17) is 0 Å². The van der Waals surface area contributed by atoms with Crippen molar-refractivity contribution in [3.05, 3.63) is 507 Å². The van der Waals surface area contributed by atoms with Crippen LogP contribution < -0.4 is 0 Å². The van der Waals surface area contributed by atoms with Crippen LogP contribution in [-0.4, -0.2) is 0 Å². The second kappa shape index (κ2) is 31.8. The molecule has 0 bridgehead atoms. The van der Waals surface area contributed by atoms with Gasteiger partial charge in [-0.1, -0.05) is 412 Å². The van der Waals surface area contributed by atoms with Crippen molar-refractivity contribution in [3.63, 3.8) is 0 Å². The lowest BCUT2D eigenvalue weighted by Gasteiger charge is -2.24. The molecule has 0 heteroatoms. The van der Waals surface area contributed by atoms with Crippen LogP contribution in [0.5, 0.6) is 0 Å². The Kier molecular flexibility index (Phi) is 18.8. The quantitative estimate of drug-likeness (QED) is 0.142. The van der Waals surface area contributed by atoms with Gasteiger partial charge >= 0.3 is 0 Å². The summed E-state index contributed by atoms with van der Waals surface area (Å²) < 4.78 is 0. The van der Waals surface area contributed by atoms with Gasteiger partial charge in [-0.2, -0.15) is 0 Å². The molecule has 644 valence electrons. The van der Waals surface area contributed by atoms with Crippen molar-refractivity contribution in [2.45, 2.75) is 57.8 Å². The summed E-state index contributed by atoms with van der Waals surface area (Å²) in [5, 5.41) is 28.2. The summed E-state index contributed by atoms with van der Waals surface area (Å²) in [6.07, 6.45) is 0. The van der Waals surface area contributed by atoms with Gasteiger partial charge in [0.15, 0.2) is 0 Å². The average molecular weight is 1740 g/mol. The van der Waals surface area contributed by atoms with E-state index >= 15 is 0 Å². The zero-order valence-corrected chi connectivity index (χ0v) is 77.5. The maximum absolute atomic E-state index is 2.45. The Hall–Kier alpha value is -16.6. The van der Waals surface area contributed by atoms with Crippen molar-refractivity contribution in [1.82, 2.24) is 0 Å². The molecule has 3 aliphatic rings. The topological polar surface area (TPSA) is 0 Å². The van der Waals surface area contributed by atoms with Gasteiger partial charge in [0.1, 0.15) is 0 Å². The molecular weight excluding hydrogens is 1650 g/mol. The molecule has 0 nitrogen and oxygen atoms in total. The van der Waals surface area contributed by atoms with Gasteiger partial charge in [-0.15, -0.1) is 0 Å². The van der Waals surface area contributed by atoms with Crippen molar-refractivity contribution in [1.29, 1.82) is 0 Å². The lowest BCUT2D eigenvalue weighted by atomic mass is 9.79. The number of rotatable bonds is 8. The second-order valence-electron chi connectivity index (χ2n) is 39.8. The van der Waals surface area contributed by atoms with Crippen molar-refractivity contribution in [2.75, 3.05) is 0 Å². The zero-order valence-electron chi connectivity index (χ0n) is 77.5. The first-order valence-corrected chi connectivity index (χ1v) is 48.3. The van der Waals surface area contributed by atoms with E-state index in [1.807, 2.05) is 0 Å².